The van der Waals surface area contributed by atoms with Crippen LogP contribution in [0.1, 0.15) is 61.7 Å². The van der Waals surface area contributed by atoms with Gasteiger partial charge in [-0.2, -0.15) is 0 Å². The molecule has 0 fully saturated rings. The molecule has 1 aromatic carbocycles. The molecule has 0 saturated carbocycles. The molecule has 0 aliphatic rings. The van der Waals surface area contributed by atoms with Crippen LogP contribution in [0, 0.1) is 5.82 Å². The van der Waals surface area contributed by atoms with Gasteiger partial charge in [-0.25, -0.2) is 14.4 Å². The van der Waals surface area contributed by atoms with Crippen LogP contribution in [-0.4, -0.2) is 9.97 Å². The fourth-order valence-corrected chi connectivity index (χ4v) is 3.04. The number of allylic oxidation sites excluding steroid dienone is 2. The Labute approximate surface area is 144 Å². The van der Waals surface area contributed by atoms with E-state index in [1.54, 1.807) is 18.5 Å². The van der Waals surface area contributed by atoms with Gasteiger partial charge in [0, 0.05) is 12.8 Å². The van der Waals surface area contributed by atoms with Gasteiger partial charge >= 0.3 is 0 Å². The van der Waals surface area contributed by atoms with Gasteiger partial charge in [-0.3, -0.25) is 0 Å². The minimum Gasteiger partial charge on any atom is -0.241 e. The molecule has 2 rings (SSSR count). The predicted octanol–water partition coefficient (Wildman–Crippen LogP) is 5.23. The highest BCUT2D eigenvalue weighted by molar-refractivity contribution is 5.36. The zero-order valence-corrected chi connectivity index (χ0v) is 15.0. The molecule has 3 heteroatoms. The highest BCUT2D eigenvalue weighted by atomic mass is 19.1. The molecule has 2 nitrogen and oxygen atoms in total. The first-order chi connectivity index (χ1) is 11.7. The minimum atomic E-state index is -0.160. The number of benzene rings is 1. The third kappa shape index (κ3) is 4.73. The van der Waals surface area contributed by atoms with Gasteiger partial charge in [0.05, 0.1) is 11.4 Å². The van der Waals surface area contributed by atoms with Gasteiger partial charge in [0.2, 0.25) is 0 Å². The van der Waals surface area contributed by atoms with Crippen LogP contribution in [0.25, 0.3) is 0 Å². The number of halogens is 1. The number of hydrogen-bond acceptors (Lipinski definition) is 2. The number of aryl methyl sites for hydroxylation is 1. The van der Waals surface area contributed by atoms with Crippen LogP contribution in [-0.2, 0) is 25.7 Å². The number of hydrogen-bond donors (Lipinski definition) is 0. The van der Waals surface area contributed by atoms with Crippen LogP contribution in [0.5, 0.6) is 0 Å². The van der Waals surface area contributed by atoms with Crippen LogP contribution >= 0.6 is 0 Å². The molecule has 0 amide bonds. The molecule has 0 aliphatic heterocycles. The van der Waals surface area contributed by atoms with Crippen molar-refractivity contribution in [2.24, 2.45) is 0 Å². The lowest BCUT2D eigenvalue weighted by Gasteiger charge is -2.14. The third-order valence-electron chi connectivity index (χ3n) is 4.22. The van der Waals surface area contributed by atoms with Crippen molar-refractivity contribution in [3.63, 3.8) is 0 Å². The van der Waals surface area contributed by atoms with Crippen LogP contribution in [0.4, 0.5) is 4.39 Å². The lowest BCUT2D eigenvalue weighted by molar-refractivity contribution is 0.623. The van der Waals surface area contributed by atoms with Gasteiger partial charge in [-0.15, -0.1) is 0 Å². The molecule has 0 atom stereocenters. The predicted molar refractivity (Wildman–Crippen MR) is 97.7 cm³/mol. The van der Waals surface area contributed by atoms with Gasteiger partial charge in [0.1, 0.15) is 12.1 Å². The number of nitrogens with zero attached hydrogens (tertiary/aromatic N) is 2. The molecule has 0 saturated heterocycles. The van der Waals surface area contributed by atoms with Crippen molar-refractivity contribution in [3.05, 3.63) is 70.6 Å². The van der Waals surface area contributed by atoms with E-state index in [-0.39, 0.29) is 5.82 Å². The summed E-state index contributed by atoms with van der Waals surface area (Å²) >= 11 is 0. The first-order valence-corrected chi connectivity index (χ1v) is 8.89. The van der Waals surface area contributed by atoms with Crippen LogP contribution in [0.3, 0.4) is 0 Å². The first kappa shape index (κ1) is 18.3. The second-order valence-corrected chi connectivity index (χ2v) is 6.11. The first-order valence-electron chi connectivity index (χ1n) is 8.89. The van der Waals surface area contributed by atoms with Gasteiger partial charge in [-0.1, -0.05) is 44.9 Å². The second kappa shape index (κ2) is 9.31. The lowest BCUT2D eigenvalue weighted by Crippen LogP contribution is -2.07. The van der Waals surface area contributed by atoms with E-state index in [2.05, 4.69) is 36.0 Å². The van der Waals surface area contributed by atoms with Crippen molar-refractivity contribution < 1.29 is 4.39 Å². The quantitative estimate of drug-likeness (QED) is 0.621. The maximum Gasteiger partial charge on any atom is 0.123 e. The molecule has 0 spiro atoms. The summed E-state index contributed by atoms with van der Waals surface area (Å²) in [4.78, 5) is 9.04. The molecule has 1 heterocycles. The Kier molecular flexibility index (Phi) is 7.10. The zero-order chi connectivity index (χ0) is 17.4. The van der Waals surface area contributed by atoms with E-state index in [9.17, 15) is 4.39 Å². The summed E-state index contributed by atoms with van der Waals surface area (Å²) in [6.07, 6.45) is 11.4. The lowest BCUT2D eigenvalue weighted by atomic mass is 9.95. The van der Waals surface area contributed by atoms with E-state index in [0.717, 1.165) is 55.5 Å². The summed E-state index contributed by atoms with van der Waals surface area (Å²) in [5.41, 5.74) is 5.71. The summed E-state index contributed by atoms with van der Waals surface area (Å²) in [7, 11) is 0. The summed E-state index contributed by atoms with van der Waals surface area (Å²) in [5.74, 6) is -0.160. The SMILES string of the molecule is C/C=C\Cc1ncnc(Cc2ccc(F)cc2CCC)c1CCC. The largest absolute Gasteiger partial charge is 0.241 e. The van der Waals surface area contributed by atoms with Crippen LogP contribution in [0.15, 0.2) is 36.7 Å². The number of aromatic nitrogens is 2. The Bertz CT molecular complexity index is 692. The zero-order valence-electron chi connectivity index (χ0n) is 15.0. The van der Waals surface area contributed by atoms with Crippen molar-refractivity contribution >= 4 is 0 Å². The van der Waals surface area contributed by atoms with Crippen molar-refractivity contribution in [2.75, 3.05) is 0 Å². The van der Waals surface area contributed by atoms with Gasteiger partial charge in [0.15, 0.2) is 0 Å². The minimum absolute atomic E-state index is 0.160. The number of rotatable bonds is 8. The molecule has 0 N–H and O–H groups in total. The molecular weight excluding hydrogens is 299 g/mol. The average molecular weight is 326 g/mol. The normalized spacial score (nSPS) is 11.3. The van der Waals surface area contributed by atoms with Crippen molar-refractivity contribution in [3.8, 4) is 0 Å². The van der Waals surface area contributed by atoms with Crippen LogP contribution in [0.2, 0.25) is 0 Å². The summed E-state index contributed by atoms with van der Waals surface area (Å²) < 4.78 is 13.6. The maximum absolute atomic E-state index is 13.6. The van der Waals surface area contributed by atoms with Crippen molar-refractivity contribution in [1.29, 1.82) is 0 Å². The Morgan fingerprint density at radius 1 is 1.00 bits per heavy atom. The standard InChI is InChI=1S/C21H27FN2/c1-4-7-10-20-19(9-6-3)21(24-15-23-20)14-17-11-12-18(22)13-16(17)8-5-2/h4,7,11-13,15H,5-6,8-10,14H2,1-3H3/b7-4-. The molecule has 1 aromatic heterocycles. The van der Waals surface area contributed by atoms with E-state index in [4.69, 9.17) is 0 Å². The Morgan fingerprint density at radius 2 is 1.75 bits per heavy atom. The molecule has 0 bridgehead atoms. The molecular formula is C21H27FN2. The fraction of sp³-hybridized carbons (Fsp3) is 0.429. The Balaban J connectivity index is 2.38. The molecule has 24 heavy (non-hydrogen) atoms. The van der Waals surface area contributed by atoms with Crippen molar-refractivity contribution in [1.82, 2.24) is 9.97 Å². The van der Waals surface area contributed by atoms with E-state index >= 15 is 0 Å². The molecule has 0 unspecified atom stereocenters. The molecule has 0 radical (unpaired) electrons. The fourth-order valence-electron chi connectivity index (χ4n) is 3.04. The van der Waals surface area contributed by atoms with E-state index < -0.39 is 0 Å². The second-order valence-electron chi connectivity index (χ2n) is 6.11. The smallest absolute Gasteiger partial charge is 0.123 e. The summed E-state index contributed by atoms with van der Waals surface area (Å²) in [6, 6.07) is 5.12. The molecule has 0 aliphatic carbocycles. The van der Waals surface area contributed by atoms with E-state index in [1.807, 2.05) is 13.0 Å². The van der Waals surface area contributed by atoms with Gasteiger partial charge in [-0.05, 0) is 48.6 Å². The maximum atomic E-state index is 13.6. The molecule has 128 valence electrons. The monoisotopic (exact) mass is 326 g/mol. The summed E-state index contributed by atoms with van der Waals surface area (Å²) in [5, 5.41) is 0. The topological polar surface area (TPSA) is 25.8 Å². The van der Waals surface area contributed by atoms with E-state index in [1.165, 1.54) is 11.1 Å². The van der Waals surface area contributed by atoms with Crippen LogP contribution < -0.4 is 0 Å². The average Bonchev–Trinajstić information content (AvgIpc) is 2.58. The Morgan fingerprint density at radius 3 is 2.46 bits per heavy atom. The Hall–Kier alpha value is -2.03. The summed E-state index contributed by atoms with van der Waals surface area (Å²) in [6.45, 7) is 6.32. The van der Waals surface area contributed by atoms with Crippen molar-refractivity contribution in [2.45, 2.75) is 59.3 Å². The van der Waals surface area contributed by atoms with Gasteiger partial charge in [0.25, 0.3) is 0 Å². The van der Waals surface area contributed by atoms with Gasteiger partial charge < -0.3 is 0 Å². The highest BCUT2D eigenvalue weighted by Gasteiger charge is 2.13. The highest BCUT2D eigenvalue weighted by Crippen LogP contribution is 2.21. The van der Waals surface area contributed by atoms with E-state index in [0.29, 0.717) is 0 Å². The third-order valence-corrected chi connectivity index (χ3v) is 4.22. The molecule has 2 aromatic rings.